The molecule has 1 N–H and O–H groups in total. The second-order valence-corrected chi connectivity index (χ2v) is 7.72. The molecule has 4 nitrogen and oxygen atoms in total. The topological polar surface area (TPSA) is 41.6 Å². The second kappa shape index (κ2) is 8.63. The summed E-state index contributed by atoms with van der Waals surface area (Å²) >= 11 is 5.93. The highest BCUT2D eigenvalue weighted by atomic mass is 35.5. The zero-order valence-electron chi connectivity index (χ0n) is 16.0. The van der Waals surface area contributed by atoms with E-state index in [-0.39, 0.29) is 23.7 Å². The van der Waals surface area contributed by atoms with Crippen LogP contribution in [0.4, 0.5) is 18.0 Å². The van der Waals surface area contributed by atoms with Crippen molar-refractivity contribution >= 4 is 17.6 Å². The fourth-order valence-electron chi connectivity index (χ4n) is 3.17. The third-order valence-corrected chi connectivity index (χ3v) is 4.85. The van der Waals surface area contributed by atoms with Crippen LogP contribution in [0.3, 0.4) is 0 Å². The average Bonchev–Trinajstić information content (AvgIpc) is 2.60. The molecule has 3 rings (SSSR count). The summed E-state index contributed by atoms with van der Waals surface area (Å²) in [4.78, 5) is 13.6. The molecule has 1 saturated heterocycles. The number of nitrogens with one attached hydrogen (secondary N) is 1. The molecular formula is C21H22ClF3N2O2. The van der Waals surface area contributed by atoms with Gasteiger partial charge in [-0.15, -0.1) is 0 Å². The maximum absolute atomic E-state index is 13.6. The Morgan fingerprint density at radius 1 is 1.14 bits per heavy atom. The Kier molecular flexibility index (Phi) is 6.39. The molecule has 156 valence electrons. The highest BCUT2D eigenvalue weighted by Gasteiger charge is 2.38. The van der Waals surface area contributed by atoms with E-state index < -0.39 is 17.8 Å². The van der Waals surface area contributed by atoms with Crippen LogP contribution in [0.2, 0.25) is 5.02 Å². The van der Waals surface area contributed by atoms with Crippen molar-refractivity contribution in [1.82, 2.24) is 10.2 Å². The minimum atomic E-state index is -4.51. The molecule has 1 unspecified atom stereocenters. The van der Waals surface area contributed by atoms with Crippen molar-refractivity contribution in [2.45, 2.75) is 38.3 Å². The lowest BCUT2D eigenvalue weighted by Gasteiger charge is -2.41. The van der Waals surface area contributed by atoms with E-state index in [0.717, 1.165) is 6.07 Å². The Morgan fingerprint density at radius 2 is 1.76 bits per heavy atom. The van der Waals surface area contributed by atoms with E-state index in [4.69, 9.17) is 16.3 Å². The molecule has 0 bridgehead atoms. The van der Waals surface area contributed by atoms with Gasteiger partial charge in [-0.2, -0.15) is 13.2 Å². The van der Waals surface area contributed by atoms with E-state index in [2.05, 4.69) is 5.32 Å². The first-order valence-electron chi connectivity index (χ1n) is 9.27. The standard InChI is InChI=1S/C21H22ClF3N2O2/c1-13(2)26-20(28)27-11-16(12-27)29-19(14-7-9-15(22)10-8-14)17-5-3-4-6-18(17)21(23,24)25/h3-10,13,16,19H,11-12H2,1-2H3,(H,26,28). The minimum absolute atomic E-state index is 0.00273. The van der Waals surface area contributed by atoms with Crippen molar-refractivity contribution in [2.24, 2.45) is 0 Å². The Hall–Kier alpha value is -2.25. The molecule has 1 heterocycles. The molecule has 29 heavy (non-hydrogen) atoms. The molecule has 0 spiro atoms. The van der Waals surface area contributed by atoms with Crippen molar-refractivity contribution in [3.63, 3.8) is 0 Å². The van der Waals surface area contributed by atoms with Gasteiger partial charge in [0.2, 0.25) is 0 Å². The predicted octanol–water partition coefficient (Wildman–Crippen LogP) is 5.27. The number of hydrogen-bond acceptors (Lipinski definition) is 2. The number of rotatable bonds is 5. The fourth-order valence-corrected chi connectivity index (χ4v) is 3.30. The number of halogens is 4. The number of carbonyl (C=O) groups excluding carboxylic acids is 1. The number of alkyl halides is 3. The molecule has 0 aliphatic carbocycles. The van der Waals surface area contributed by atoms with Gasteiger partial charge in [0, 0.05) is 11.1 Å². The molecule has 2 amide bonds. The van der Waals surface area contributed by atoms with Crippen LogP contribution in [0, 0.1) is 0 Å². The smallest absolute Gasteiger partial charge is 0.362 e. The highest BCUT2D eigenvalue weighted by molar-refractivity contribution is 6.30. The molecule has 0 aromatic heterocycles. The van der Waals surface area contributed by atoms with Crippen LogP contribution in [0.25, 0.3) is 0 Å². The summed E-state index contributed by atoms with van der Waals surface area (Å²) in [6.07, 6.45) is -5.80. The summed E-state index contributed by atoms with van der Waals surface area (Å²) in [6, 6.07) is 11.7. The first-order valence-corrected chi connectivity index (χ1v) is 9.65. The number of likely N-dealkylation sites (tertiary alicyclic amines) is 1. The van der Waals surface area contributed by atoms with Crippen LogP contribution in [0.5, 0.6) is 0 Å². The summed E-state index contributed by atoms with van der Waals surface area (Å²) in [7, 11) is 0. The van der Waals surface area contributed by atoms with Crippen molar-refractivity contribution in [3.05, 3.63) is 70.2 Å². The van der Waals surface area contributed by atoms with Gasteiger partial charge in [0.25, 0.3) is 0 Å². The van der Waals surface area contributed by atoms with E-state index in [0.29, 0.717) is 23.7 Å². The van der Waals surface area contributed by atoms with Gasteiger partial charge in [0.15, 0.2) is 0 Å². The molecule has 0 radical (unpaired) electrons. The number of amides is 2. The quantitative estimate of drug-likeness (QED) is 0.708. The number of ether oxygens (including phenoxy) is 1. The number of benzene rings is 2. The fraction of sp³-hybridized carbons (Fsp3) is 0.381. The van der Waals surface area contributed by atoms with E-state index in [1.807, 2.05) is 13.8 Å². The van der Waals surface area contributed by atoms with Crippen molar-refractivity contribution in [1.29, 1.82) is 0 Å². The molecule has 1 fully saturated rings. The molecule has 1 atom stereocenters. The summed E-state index contributed by atoms with van der Waals surface area (Å²) in [5.41, 5.74) is -0.141. The summed E-state index contributed by atoms with van der Waals surface area (Å²) in [5, 5.41) is 3.27. The van der Waals surface area contributed by atoms with Gasteiger partial charge in [0.05, 0.1) is 24.8 Å². The maximum Gasteiger partial charge on any atom is 0.416 e. The Balaban J connectivity index is 1.84. The van der Waals surface area contributed by atoms with Gasteiger partial charge in [-0.05, 0) is 43.2 Å². The van der Waals surface area contributed by atoms with E-state index in [9.17, 15) is 18.0 Å². The van der Waals surface area contributed by atoms with Gasteiger partial charge in [0.1, 0.15) is 6.10 Å². The number of hydrogen-bond donors (Lipinski definition) is 1. The lowest BCUT2D eigenvalue weighted by molar-refractivity contribution is -0.140. The first-order chi connectivity index (χ1) is 13.6. The van der Waals surface area contributed by atoms with Crippen molar-refractivity contribution in [3.8, 4) is 0 Å². The van der Waals surface area contributed by atoms with Crippen LogP contribution in [-0.4, -0.2) is 36.2 Å². The van der Waals surface area contributed by atoms with Crippen LogP contribution in [0.15, 0.2) is 48.5 Å². The van der Waals surface area contributed by atoms with Crippen LogP contribution in [0.1, 0.15) is 36.6 Å². The predicted molar refractivity (Wildman–Crippen MR) is 105 cm³/mol. The molecule has 1 aliphatic heterocycles. The zero-order chi connectivity index (χ0) is 21.2. The number of urea groups is 1. The van der Waals surface area contributed by atoms with Crippen molar-refractivity contribution in [2.75, 3.05) is 13.1 Å². The molecular weight excluding hydrogens is 405 g/mol. The van der Waals surface area contributed by atoms with Crippen LogP contribution in [-0.2, 0) is 10.9 Å². The van der Waals surface area contributed by atoms with E-state index >= 15 is 0 Å². The number of nitrogens with zero attached hydrogens (tertiary/aromatic N) is 1. The lowest BCUT2D eigenvalue weighted by atomic mass is 9.95. The zero-order valence-corrected chi connectivity index (χ0v) is 16.8. The Morgan fingerprint density at radius 3 is 2.34 bits per heavy atom. The number of carbonyl (C=O) groups is 1. The van der Waals surface area contributed by atoms with E-state index in [1.165, 1.54) is 12.1 Å². The first kappa shape index (κ1) is 21.5. The van der Waals surface area contributed by atoms with Crippen LogP contribution < -0.4 is 5.32 Å². The lowest BCUT2D eigenvalue weighted by Crippen LogP contribution is -2.58. The molecule has 2 aromatic rings. The second-order valence-electron chi connectivity index (χ2n) is 7.28. The molecule has 0 saturated carbocycles. The highest BCUT2D eigenvalue weighted by Crippen LogP contribution is 2.39. The van der Waals surface area contributed by atoms with E-state index in [1.54, 1.807) is 35.2 Å². The third kappa shape index (κ3) is 5.22. The summed E-state index contributed by atoms with van der Waals surface area (Å²) in [5.74, 6) is 0. The van der Waals surface area contributed by atoms with Gasteiger partial charge in [-0.3, -0.25) is 0 Å². The SMILES string of the molecule is CC(C)NC(=O)N1CC(OC(c2ccc(Cl)cc2)c2ccccc2C(F)(F)F)C1. The van der Waals surface area contributed by atoms with Crippen molar-refractivity contribution < 1.29 is 22.7 Å². The third-order valence-electron chi connectivity index (χ3n) is 4.60. The minimum Gasteiger partial charge on any atom is -0.362 e. The molecule has 8 heteroatoms. The average molecular weight is 427 g/mol. The Labute approximate surface area is 172 Å². The monoisotopic (exact) mass is 426 g/mol. The normalized spacial score (nSPS) is 15.9. The maximum atomic E-state index is 13.6. The summed E-state index contributed by atoms with van der Waals surface area (Å²) in [6.45, 7) is 4.35. The molecule has 2 aromatic carbocycles. The molecule has 1 aliphatic rings. The van der Waals surface area contributed by atoms with Gasteiger partial charge >= 0.3 is 12.2 Å². The van der Waals surface area contributed by atoms with Gasteiger partial charge < -0.3 is 15.0 Å². The largest absolute Gasteiger partial charge is 0.416 e. The van der Waals surface area contributed by atoms with Gasteiger partial charge in [-0.25, -0.2) is 4.79 Å². The Bertz CT molecular complexity index is 850. The van der Waals surface area contributed by atoms with Crippen LogP contribution >= 0.6 is 11.6 Å². The summed E-state index contributed by atoms with van der Waals surface area (Å²) < 4.78 is 46.8. The van der Waals surface area contributed by atoms with Gasteiger partial charge in [-0.1, -0.05) is 41.9 Å².